The predicted molar refractivity (Wildman–Crippen MR) is 91.7 cm³/mol. The van der Waals surface area contributed by atoms with E-state index >= 15 is 0 Å². The first-order valence-electron chi connectivity index (χ1n) is 8.93. The summed E-state index contributed by atoms with van der Waals surface area (Å²) in [7, 11) is 1.82. The van der Waals surface area contributed by atoms with Gasteiger partial charge in [0.2, 0.25) is 5.91 Å². The maximum absolute atomic E-state index is 12.8. The van der Waals surface area contributed by atoms with Crippen molar-refractivity contribution in [3.63, 3.8) is 0 Å². The molecule has 0 N–H and O–H groups in total. The van der Waals surface area contributed by atoms with Crippen molar-refractivity contribution < 1.29 is 19.1 Å². The van der Waals surface area contributed by atoms with Gasteiger partial charge >= 0.3 is 0 Å². The van der Waals surface area contributed by atoms with Gasteiger partial charge in [0.25, 0.3) is 5.91 Å². The molecule has 2 amide bonds. The summed E-state index contributed by atoms with van der Waals surface area (Å²) in [6, 6.07) is 5.73. The van der Waals surface area contributed by atoms with E-state index in [2.05, 4.69) is 0 Å². The van der Waals surface area contributed by atoms with Crippen LogP contribution in [0, 0.1) is 0 Å². The number of benzene rings is 1. The highest BCUT2D eigenvalue weighted by molar-refractivity contribution is 5.94. The molecule has 0 bridgehead atoms. The van der Waals surface area contributed by atoms with Crippen LogP contribution >= 0.6 is 0 Å². The number of amides is 2. The van der Waals surface area contributed by atoms with Crippen LogP contribution in [-0.2, 0) is 16.0 Å². The number of likely N-dealkylation sites (tertiary alicyclic amines) is 1. The molecule has 0 unspecified atom stereocenters. The lowest BCUT2D eigenvalue weighted by molar-refractivity contribution is -0.167. The molecule has 0 aromatic heterocycles. The number of ether oxygens (including phenoxy) is 2. The molecule has 1 aromatic rings. The zero-order valence-electron chi connectivity index (χ0n) is 14.8. The predicted octanol–water partition coefficient (Wildman–Crippen LogP) is 1.47. The second-order valence-corrected chi connectivity index (χ2v) is 7.47. The van der Waals surface area contributed by atoms with Crippen LogP contribution in [0.4, 0.5) is 0 Å². The minimum Gasteiger partial charge on any atom is -0.490 e. The molecule has 3 aliphatic heterocycles. The standard InChI is InChI=1S/C19H24N2O4/c1-13-9-15-10-14(3-4-16(15)25-13)18(23)21-7-5-19(6-8-21)12-20(2)17(22)11-24-19/h3-4,10,13H,5-9,11-12H2,1-2H3/t13-/m1/s1. The molecule has 2 fully saturated rings. The number of piperidine rings is 1. The molecule has 0 saturated carbocycles. The number of nitrogens with zero attached hydrogens (tertiary/aromatic N) is 2. The van der Waals surface area contributed by atoms with Gasteiger partial charge in [0.15, 0.2) is 0 Å². The van der Waals surface area contributed by atoms with Gasteiger partial charge in [-0.25, -0.2) is 0 Å². The SMILES string of the molecule is C[C@@H]1Cc2cc(C(=O)N3CCC4(CC3)CN(C)C(=O)CO4)ccc2O1. The third-order valence-corrected chi connectivity index (χ3v) is 5.56. The minimum atomic E-state index is -0.291. The summed E-state index contributed by atoms with van der Waals surface area (Å²) in [6.07, 6.45) is 2.56. The zero-order chi connectivity index (χ0) is 17.6. The number of carbonyl (C=O) groups excluding carboxylic acids is 2. The number of carbonyl (C=O) groups is 2. The Morgan fingerprint density at radius 3 is 2.76 bits per heavy atom. The largest absolute Gasteiger partial charge is 0.490 e. The summed E-state index contributed by atoms with van der Waals surface area (Å²) < 4.78 is 11.6. The Morgan fingerprint density at radius 1 is 1.28 bits per heavy atom. The quantitative estimate of drug-likeness (QED) is 0.774. The minimum absolute atomic E-state index is 0.0266. The fourth-order valence-electron chi connectivity index (χ4n) is 4.05. The highest BCUT2D eigenvalue weighted by Gasteiger charge is 2.42. The Hall–Kier alpha value is -2.08. The maximum atomic E-state index is 12.8. The summed E-state index contributed by atoms with van der Waals surface area (Å²) in [5.74, 6) is 0.987. The molecule has 4 rings (SSSR count). The highest BCUT2D eigenvalue weighted by Crippen LogP contribution is 2.32. The molecule has 25 heavy (non-hydrogen) atoms. The van der Waals surface area contributed by atoms with Gasteiger partial charge in [-0.2, -0.15) is 0 Å². The Morgan fingerprint density at radius 2 is 2.04 bits per heavy atom. The van der Waals surface area contributed by atoms with Crippen LogP contribution in [0.5, 0.6) is 5.75 Å². The van der Waals surface area contributed by atoms with Gasteiger partial charge in [-0.15, -0.1) is 0 Å². The molecule has 2 saturated heterocycles. The van der Waals surface area contributed by atoms with Crippen LogP contribution in [0.3, 0.4) is 0 Å². The molecule has 134 valence electrons. The Balaban J connectivity index is 1.42. The molecule has 1 spiro atoms. The van der Waals surface area contributed by atoms with Gasteiger partial charge in [-0.1, -0.05) is 0 Å². The van der Waals surface area contributed by atoms with Gasteiger partial charge in [0, 0.05) is 38.7 Å². The molecule has 3 heterocycles. The van der Waals surface area contributed by atoms with Gasteiger partial charge in [-0.3, -0.25) is 9.59 Å². The third-order valence-electron chi connectivity index (χ3n) is 5.56. The molecule has 6 nitrogen and oxygen atoms in total. The van der Waals surface area contributed by atoms with Gasteiger partial charge in [0.1, 0.15) is 18.5 Å². The van der Waals surface area contributed by atoms with Crippen LogP contribution < -0.4 is 4.74 Å². The van der Waals surface area contributed by atoms with E-state index in [1.807, 2.05) is 37.1 Å². The zero-order valence-corrected chi connectivity index (χ0v) is 14.8. The average molecular weight is 344 g/mol. The molecule has 0 radical (unpaired) electrons. The first-order chi connectivity index (χ1) is 12.0. The van der Waals surface area contributed by atoms with E-state index in [9.17, 15) is 9.59 Å². The Labute approximate surface area is 147 Å². The van der Waals surface area contributed by atoms with Crippen molar-refractivity contribution >= 4 is 11.8 Å². The van der Waals surface area contributed by atoms with Crippen molar-refractivity contribution in [2.24, 2.45) is 0 Å². The molecule has 1 atom stereocenters. The molecule has 6 heteroatoms. The smallest absolute Gasteiger partial charge is 0.253 e. The number of rotatable bonds is 1. The van der Waals surface area contributed by atoms with E-state index in [-0.39, 0.29) is 30.1 Å². The topological polar surface area (TPSA) is 59.1 Å². The van der Waals surface area contributed by atoms with Crippen LogP contribution in [0.15, 0.2) is 18.2 Å². The van der Waals surface area contributed by atoms with Crippen molar-refractivity contribution in [3.8, 4) is 5.75 Å². The number of fused-ring (bicyclic) bond motifs is 1. The first-order valence-corrected chi connectivity index (χ1v) is 8.93. The van der Waals surface area contributed by atoms with Gasteiger partial charge in [0.05, 0.1) is 5.60 Å². The van der Waals surface area contributed by atoms with Crippen molar-refractivity contribution in [1.29, 1.82) is 0 Å². The van der Waals surface area contributed by atoms with E-state index in [0.717, 1.165) is 36.1 Å². The monoisotopic (exact) mass is 344 g/mol. The average Bonchev–Trinajstić information content (AvgIpc) is 2.98. The maximum Gasteiger partial charge on any atom is 0.253 e. The van der Waals surface area contributed by atoms with E-state index < -0.39 is 0 Å². The summed E-state index contributed by atoms with van der Waals surface area (Å²) in [5.41, 5.74) is 1.55. The fourth-order valence-corrected chi connectivity index (χ4v) is 4.05. The van der Waals surface area contributed by atoms with E-state index in [4.69, 9.17) is 9.47 Å². The second kappa shape index (κ2) is 6.02. The van der Waals surface area contributed by atoms with Gasteiger partial charge in [-0.05, 0) is 43.5 Å². The lowest BCUT2D eigenvalue weighted by Gasteiger charge is -2.46. The summed E-state index contributed by atoms with van der Waals surface area (Å²) >= 11 is 0. The van der Waals surface area contributed by atoms with Crippen LogP contribution in [0.25, 0.3) is 0 Å². The molecule has 0 aliphatic carbocycles. The van der Waals surface area contributed by atoms with E-state index in [0.29, 0.717) is 19.6 Å². The molecule has 1 aromatic carbocycles. The van der Waals surface area contributed by atoms with Crippen molar-refractivity contribution in [2.45, 2.75) is 37.9 Å². The fraction of sp³-hybridized carbons (Fsp3) is 0.579. The van der Waals surface area contributed by atoms with E-state index in [1.165, 1.54) is 0 Å². The normalized spacial score (nSPS) is 25.0. The van der Waals surface area contributed by atoms with Crippen molar-refractivity contribution in [3.05, 3.63) is 29.3 Å². The summed E-state index contributed by atoms with van der Waals surface area (Å²) in [4.78, 5) is 28.1. The second-order valence-electron chi connectivity index (χ2n) is 7.47. The number of likely N-dealkylation sites (N-methyl/N-ethyl adjacent to an activating group) is 1. The van der Waals surface area contributed by atoms with Crippen LogP contribution in [-0.4, -0.2) is 66.6 Å². The first kappa shape index (κ1) is 16.4. The number of morpholine rings is 1. The van der Waals surface area contributed by atoms with Crippen LogP contribution in [0.1, 0.15) is 35.7 Å². The summed E-state index contributed by atoms with van der Waals surface area (Å²) in [5, 5.41) is 0. The Kier molecular flexibility index (Phi) is 3.95. The molecular formula is C19H24N2O4. The number of hydrogen-bond acceptors (Lipinski definition) is 4. The lowest BCUT2D eigenvalue weighted by atomic mass is 9.89. The molecular weight excluding hydrogens is 320 g/mol. The summed E-state index contributed by atoms with van der Waals surface area (Å²) in [6.45, 7) is 4.11. The molecule has 3 aliphatic rings. The lowest BCUT2D eigenvalue weighted by Crippen LogP contribution is -2.58. The van der Waals surface area contributed by atoms with E-state index in [1.54, 1.807) is 4.90 Å². The third kappa shape index (κ3) is 2.99. The van der Waals surface area contributed by atoms with Crippen LogP contribution in [0.2, 0.25) is 0 Å². The van der Waals surface area contributed by atoms with Crippen molar-refractivity contribution in [1.82, 2.24) is 9.80 Å². The Bertz CT molecular complexity index is 709. The van der Waals surface area contributed by atoms with Gasteiger partial charge < -0.3 is 19.3 Å². The van der Waals surface area contributed by atoms with Crippen molar-refractivity contribution in [2.75, 3.05) is 33.3 Å². The highest BCUT2D eigenvalue weighted by atomic mass is 16.5. The number of hydrogen-bond donors (Lipinski definition) is 0.